The summed E-state index contributed by atoms with van der Waals surface area (Å²) < 4.78 is 5.49. The molecule has 0 unspecified atom stereocenters. The Morgan fingerprint density at radius 2 is 2.33 bits per heavy atom. The average Bonchev–Trinajstić information content (AvgIpc) is 3.03. The van der Waals surface area contributed by atoms with Crippen LogP contribution in [0.1, 0.15) is 43.2 Å². The van der Waals surface area contributed by atoms with Gasteiger partial charge in [0, 0.05) is 25.2 Å². The Kier molecular flexibility index (Phi) is 5.06. The van der Waals surface area contributed by atoms with Gasteiger partial charge in [0.15, 0.2) is 5.76 Å². The van der Waals surface area contributed by atoms with Crippen LogP contribution in [0.4, 0.5) is 0 Å². The van der Waals surface area contributed by atoms with E-state index >= 15 is 0 Å². The Balaban J connectivity index is 1.55. The van der Waals surface area contributed by atoms with Crippen molar-refractivity contribution in [2.45, 2.75) is 51.9 Å². The first kappa shape index (κ1) is 14.8. The van der Waals surface area contributed by atoms with Crippen LogP contribution >= 0.6 is 11.3 Å². The van der Waals surface area contributed by atoms with E-state index in [9.17, 15) is 0 Å². The number of hydrogen-bond acceptors (Lipinski definition) is 5. The molecule has 21 heavy (non-hydrogen) atoms. The molecular formula is C16H23N3OS. The second kappa shape index (κ2) is 7.20. The summed E-state index contributed by atoms with van der Waals surface area (Å²) in [4.78, 5) is 2.51. The standard InChI is InChI=1S/C16H23N3OS/c1-2-6-17-9-14-8-16(20-18-14)11-19(15-3-4-15)10-13-5-7-21-12-13/h5,7-8,12,15,17H,2-4,6,9-11H2,1H3. The van der Waals surface area contributed by atoms with E-state index in [-0.39, 0.29) is 0 Å². The van der Waals surface area contributed by atoms with E-state index in [0.717, 1.165) is 50.1 Å². The zero-order chi connectivity index (χ0) is 14.5. The van der Waals surface area contributed by atoms with Crippen LogP contribution in [0.3, 0.4) is 0 Å². The minimum absolute atomic E-state index is 0.719. The van der Waals surface area contributed by atoms with Gasteiger partial charge in [-0.2, -0.15) is 11.3 Å². The monoisotopic (exact) mass is 305 g/mol. The van der Waals surface area contributed by atoms with Crippen molar-refractivity contribution in [3.8, 4) is 0 Å². The molecule has 2 aromatic heterocycles. The molecule has 2 heterocycles. The number of thiophene rings is 1. The molecule has 4 nitrogen and oxygen atoms in total. The van der Waals surface area contributed by atoms with Crippen molar-refractivity contribution in [2.75, 3.05) is 6.54 Å². The molecule has 0 amide bonds. The second-order valence-corrected chi connectivity index (χ2v) is 6.51. The van der Waals surface area contributed by atoms with Crippen molar-refractivity contribution >= 4 is 11.3 Å². The van der Waals surface area contributed by atoms with Gasteiger partial charge in [0.25, 0.3) is 0 Å². The van der Waals surface area contributed by atoms with Crippen LogP contribution in [0.25, 0.3) is 0 Å². The predicted molar refractivity (Wildman–Crippen MR) is 85.1 cm³/mol. The third kappa shape index (κ3) is 4.40. The summed E-state index contributed by atoms with van der Waals surface area (Å²) in [5, 5.41) is 11.9. The molecule has 1 N–H and O–H groups in total. The normalized spacial score (nSPS) is 15.0. The lowest BCUT2D eigenvalue weighted by molar-refractivity contribution is 0.214. The summed E-state index contributed by atoms with van der Waals surface area (Å²) in [6.45, 7) is 5.86. The minimum atomic E-state index is 0.719. The number of nitrogens with one attached hydrogen (secondary N) is 1. The molecule has 5 heteroatoms. The van der Waals surface area contributed by atoms with Gasteiger partial charge in [-0.1, -0.05) is 12.1 Å². The quantitative estimate of drug-likeness (QED) is 0.721. The molecule has 0 aromatic carbocycles. The van der Waals surface area contributed by atoms with E-state index < -0.39 is 0 Å². The van der Waals surface area contributed by atoms with E-state index in [0.29, 0.717) is 0 Å². The van der Waals surface area contributed by atoms with Gasteiger partial charge in [-0.15, -0.1) is 0 Å². The van der Waals surface area contributed by atoms with Crippen LogP contribution in [-0.4, -0.2) is 22.6 Å². The van der Waals surface area contributed by atoms with Crippen molar-refractivity contribution in [1.82, 2.24) is 15.4 Å². The maximum Gasteiger partial charge on any atom is 0.151 e. The number of hydrogen-bond donors (Lipinski definition) is 1. The van der Waals surface area contributed by atoms with Crippen LogP contribution in [0, 0.1) is 0 Å². The van der Waals surface area contributed by atoms with Gasteiger partial charge in [-0.25, -0.2) is 0 Å². The maximum absolute atomic E-state index is 5.49. The van der Waals surface area contributed by atoms with Crippen LogP contribution in [0.5, 0.6) is 0 Å². The Bertz CT molecular complexity index is 533. The molecule has 0 bridgehead atoms. The van der Waals surface area contributed by atoms with E-state index in [1.54, 1.807) is 11.3 Å². The zero-order valence-electron chi connectivity index (χ0n) is 12.5. The van der Waals surface area contributed by atoms with E-state index in [1.807, 2.05) is 0 Å². The zero-order valence-corrected chi connectivity index (χ0v) is 13.4. The van der Waals surface area contributed by atoms with Crippen LogP contribution in [0.2, 0.25) is 0 Å². The average molecular weight is 305 g/mol. The molecule has 0 radical (unpaired) electrons. The first-order valence-electron chi connectivity index (χ1n) is 7.75. The van der Waals surface area contributed by atoms with Crippen molar-refractivity contribution in [2.24, 2.45) is 0 Å². The molecule has 1 aliphatic carbocycles. The highest BCUT2D eigenvalue weighted by molar-refractivity contribution is 7.07. The molecule has 1 fully saturated rings. The number of nitrogens with zero attached hydrogens (tertiary/aromatic N) is 2. The Morgan fingerprint density at radius 3 is 3.05 bits per heavy atom. The summed E-state index contributed by atoms with van der Waals surface area (Å²) in [5.74, 6) is 0.977. The van der Waals surface area contributed by atoms with Gasteiger partial charge in [0.1, 0.15) is 0 Å². The van der Waals surface area contributed by atoms with Gasteiger partial charge < -0.3 is 9.84 Å². The summed E-state index contributed by atoms with van der Waals surface area (Å²) in [6, 6.07) is 5.02. The van der Waals surface area contributed by atoms with Gasteiger partial charge in [0.05, 0.1) is 12.2 Å². The molecule has 0 aliphatic heterocycles. The smallest absolute Gasteiger partial charge is 0.151 e. The fraction of sp³-hybridized carbons (Fsp3) is 0.562. The lowest BCUT2D eigenvalue weighted by atomic mass is 10.2. The second-order valence-electron chi connectivity index (χ2n) is 5.73. The predicted octanol–water partition coefficient (Wildman–Crippen LogP) is 3.40. The largest absolute Gasteiger partial charge is 0.360 e. The lowest BCUT2D eigenvalue weighted by Crippen LogP contribution is -2.24. The molecule has 2 aromatic rings. The van der Waals surface area contributed by atoms with Crippen LogP contribution in [-0.2, 0) is 19.6 Å². The van der Waals surface area contributed by atoms with Gasteiger partial charge in [-0.3, -0.25) is 4.90 Å². The fourth-order valence-electron chi connectivity index (χ4n) is 2.48. The van der Waals surface area contributed by atoms with Crippen LogP contribution in [0.15, 0.2) is 27.4 Å². The first-order valence-corrected chi connectivity index (χ1v) is 8.69. The number of aromatic nitrogens is 1. The van der Waals surface area contributed by atoms with E-state index in [2.05, 4.69) is 45.2 Å². The summed E-state index contributed by atoms with van der Waals surface area (Å²) in [6.07, 6.45) is 3.76. The highest BCUT2D eigenvalue weighted by Gasteiger charge is 2.29. The van der Waals surface area contributed by atoms with Gasteiger partial charge in [0.2, 0.25) is 0 Å². The molecule has 3 rings (SSSR count). The third-order valence-electron chi connectivity index (χ3n) is 3.73. The molecular weight excluding hydrogens is 282 g/mol. The molecule has 114 valence electrons. The molecule has 0 spiro atoms. The maximum atomic E-state index is 5.49. The highest BCUT2D eigenvalue weighted by atomic mass is 32.1. The van der Waals surface area contributed by atoms with Crippen molar-refractivity contribution in [1.29, 1.82) is 0 Å². The summed E-state index contributed by atoms with van der Waals surface area (Å²) >= 11 is 1.76. The Hall–Kier alpha value is -1.17. The lowest BCUT2D eigenvalue weighted by Gasteiger charge is -2.19. The van der Waals surface area contributed by atoms with E-state index in [1.165, 1.54) is 18.4 Å². The van der Waals surface area contributed by atoms with E-state index in [4.69, 9.17) is 4.52 Å². The minimum Gasteiger partial charge on any atom is -0.360 e. The number of rotatable bonds is 9. The van der Waals surface area contributed by atoms with Gasteiger partial charge in [-0.05, 0) is 48.2 Å². The summed E-state index contributed by atoms with van der Waals surface area (Å²) in [5.41, 5.74) is 2.40. The van der Waals surface area contributed by atoms with Crippen molar-refractivity contribution in [3.05, 3.63) is 39.9 Å². The van der Waals surface area contributed by atoms with Crippen molar-refractivity contribution < 1.29 is 4.52 Å². The fourth-order valence-corrected chi connectivity index (χ4v) is 3.14. The topological polar surface area (TPSA) is 41.3 Å². The molecule has 1 aliphatic rings. The Morgan fingerprint density at radius 1 is 1.43 bits per heavy atom. The van der Waals surface area contributed by atoms with Crippen molar-refractivity contribution in [3.63, 3.8) is 0 Å². The molecule has 1 saturated carbocycles. The molecule has 0 saturated heterocycles. The summed E-state index contributed by atoms with van der Waals surface area (Å²) in [7, 11) is 0. The first-order chi connectivity index (χ1) is 10.3. The highest BCUT2D eigenvalue weighted by Crippen LogP contribution is 2.30. The van der Waals surface area contributed by atoms with Gasteiger partial charge >= 0.3 is 0 Å². The third-order valence-corrected chi connectivity index (χ3v) is 4.46. The van der Waals surface area contributed by atoms with Crippen LogP contribution < -0.4 is 5.32 Å². The molecule has 0 atom stereocenters. The Labute approximate surface area is 130 Å². The SMILES string of the molecule is CCCNCc1cc(CN(Cc2ccsc2)C2CC2)on1.